The fraction of sp³-hybridized carbons (Fsp3) is 0.167. The molecule has 0 radical (unpaired) electrons. The van der Waals surface area contributed by atoms with E-state index in [0.717, 1.165) is 5.56 Å². The highest BCUT2D eigenvalue weighted by Crippen LogP contribution is 2.27. The van der Waals surface area contributed by atoms with Gasteiger partial charge in [0.05, 0.1) is 19.9 Å². The number of ether oxygens (including phenoxy) is 2. The maximum Gasteiger partial charge on any atom is 0.345 e. The molecule has 0 saturated heterocycles. The Balaban J connectivity index is 2.54. The van der Waals surface area contributed by atoms with Crippen LogP contribution in [0.2, 0.25) is 0 Å². The average molecular weight is 232 g/mol. The summed E-state index contributed by atoms with van der Waals surface area (Å²) in [7, 11) is 3.15. The quantitative estimate of drug-likeness (QED) is 0.870. The Bertz CT molecular complexity index is 556. The summed E-state index contributed by atoms with van der Waals surface area (Å²) in [5, 5.41) is 0. The molecular weight excluding hydrogens is 220 g/mol. The molecule has 0 amide bonds. The van der Waals surface area contributed by atoms with Gasteiger partial charge < -0.3 is 14.5 Å². The highest BCUT2D eigenvalue weighted by Gasteiger charge is 2.04. The number of aromatic amines is 1. The van der Waals surface area contributed by atoms with Crippen LogP contribution in [-0.4, -0.2) is 24.2 Å². The number of aromatic nitrogens is 2. The highest BCUT2D eigenvalue weighted by atomic mass is 16.5. The van der Waals surface area contributed by atoms with Gasteiger partial charge in [0.15, 0.2) is 0 Å². The van der Waals surface area contributed by atoms with Crippen LogP contribution in [-0.2, 0) is 0 Å². The van der Waals surface area contributed by atoms with Gasteiger partial charge >= 0.3 is 5.69 Å². The molecule has 0 aliphatic rings. The average Bonchev–Trinajstić information content (AvgIpc) is 2.38. The van der Waals surface area contributed by atoms with Crippen LogP contribution in [0.25, 0.3) is 11.3 Å². The van der Waals surface area contributed by atoms with Crippen molar-refractivity contribution < 1.29 is 9.47 Å². The van der Waals surface area contributed by atoms with E-state index in [1.54, 1.807) is 26.4 Å². The molecule has 0 fully saturated rings. The molecule has 0 unspecified atom stereocenters. The predicted octanol–water partition coefficient (Wildman–Crippen LogP) is 1.45. The molecule has 0 saturated carbocycles. The zero-order valence-electron chi connectivity index (χ0n) is 9.56. The summed E-state index contributed by atoms with van der Waals surface area (Å²) in [5.41, 5.74) is 1.09. The van der Waals surface area contributed by atoms with Crippen molar-refractivity contribution in [2.75, 3.05) is 14.2 Å². The van der Waals surface area contributed by atoms with Crippen LogP contribution < -0.4 is 15.2 Å². The van der Waals surface area contributed by atoms with Crippen LogP contribution in [0.1, 0.15) is 0 Å². The van der Waals surface area contributed by atoms with Crippen molar-refractivity contribution in [2.24, 2.45) is 0 Å². The van der Waals surface area contributed by atoms with Gasteiger partial charge in [-0.15, -0.1) is 0 Å². The first-order valence-electron chi connectivity index (χ1n) is 5.01. The zero-order chi connectivity index (χ0) is 12.3. The van der Waals surface area contributed by atoms with E-state index in [9.17, 15) is 4.79 Å². The van der Waals surface area contributed by atoms with Gasteiger partial charge in [0.2, 0.25) is 0 Å². The standard InChI is InChI=1S/C12H12N2O3/c1-16-9-5-8(6-10(7-9)17-2)11-3-4-13-12(15)14-11/h3-7H,1-2H3,(H,13,14,15). The van der Waals surface area contributed by atoms with Crippen molar-refractivity contribution in [3.63, 3.8) is 0 Å². The number of hydrogen-bond donors (Lipinski definition) is 1. The third-order valence-electron chi connectivity index (χ3n) is 2.34. The van der Waals surface area contributed by atoms with Crippen molar-refractivity contribution in [1.29, 1.82) is 0 Å². The van der Waals surface area contributed by atoms with Crippen LogP contribution in [0.4, 0.5) is 0 Å². The molecule has 2 rings (SSSR count). The Morgan fingerprint density at radius 3 is 2.29 bits per heavy atom. The first kappa shape index (κ1) is 11.2. The number of nitrogens with zero attached hydrogens (tertiary/aromatic N) is 1. The van der Waals surface area contributed by atoms with Gasteiger partial charge in [-0.3, -0.25) is 0 Å². The fourth-order valence-corrected chi connectivity index (χ4v) is 1.50. The number of methoxy groups -OCH3 is 2. The lowest BCUT2D eigenvalue weighted by molar-refractivity contribution is 0.394. The number of benzene rings is 1. The van der Waals surface area contributed by atoms with E-state index in [0.29, 0.717) is 17.2 Å². The predicted molar refractivity (Wildman–Crippen MR) is 63.4 cm³/mol. The molecule has 0 atom stereocenters. The summed E-state index contributed by atoms with van der Waals surface area (Å²) in [6.07, 6.45) is 1.46. The fourth-order valence-electron chi connectivity index (χ4n) is 1.50. The van der Waals surface area contributed by atoms with Crippen molar-refractivity contribution >= 4 is 0 Å². The van der Waals surface area contributed by atoms with E-state index in [-0.39, 0.29) is 5.69 Å². The van der Waals surface area contributed by atoms with Crippen molar-refractivity contribution in [3.8, 4) is 22.8 Å². The molecule has 5 heteroatoms. The van der Waals surface area contributed by atoms with E-state index in [2.05, 4.69) is 9.97 Å². The molecule has 17 heavy (non-hydrogen) atoms. The van der Waals surface area contributed by atoms with Crippen molar-refractivity contribution in [1.82, 2.24) is 9.97 Å². The lowest BCUT2D eigenvalue weighted by Gasteiger charge is -2.08. The van der Waals surface area contributed by atoms with Gasteiger partial charge in [-0.1, -0.05) is 0 Å². The number of rotatable bonds is 3. The molecule has 1 aromatic heterocycles. The highest BCUT2D eigenvalue weighted by molar-refractivity contribution is 5.63. The lowest BCUT2D eigenvalue weighted by atomic mass is 10.1. The van der Waals surface area contributed by atoms with E-state index < -0.39 is 0 Å². The minimum absolute atomic E-state index is 0.385. The molecule has 0 aliphatic carbocycles. The molecular formula is C12H12N2O3. The molecule has 1 heterocycles. The largest absolute Gasteiger partial charge is 0.497 e. The van der Waals surface area contributed by atoms with E-state index >= 15 is 0 Å². The van der Waals surface area contributed by atoms with Crippen LogP contribution >= 0.6 is 0 Å². The monoisotopic (exact) mass is 232 g/mol. The minimum Gasteiger partial charge on any atom is -0.497 e. The van der Waals surface area contributed by atoms with Crippen LogP contribution in [0, 0.1) is 0 Å². The first-order chi connectivity index (χ1) is 8.22. The van der Waals surface area contributed by atoms with Crippen molar-refractivity contribution in [3.05, 3.63) is 40.9 Å². The van der Waals surface area contributed by atoms with Crippen LogP contribution in [0.15, 0.2) is 35.3 Å². The van der Waals surface area contributed by atoms with E-state index in [4.69, 9.17) is 9.47 Å². The van der Waals surface area contributed by atoms with Gasteiger partial charge in [-0.25, -0.2) is 9.78 Å². The number of H-pyrrole nitrogens is 1. The Morgan fingerprint density at radius 1 is 1.12 bits per heavy atom. The summed E-state index contributed by atoms with van der Waals surface area (Å²) in [4.78, 5) is 17.4. The second kappa shape index (κ2) is 4.69. The third kappa shape index (κ3) is 2.44. The Hall–Kier alpha value is -2.30. The molecule has 1 aromatic carbocycles. The lowest BCUT2D eigenvalue weighted by Crippen LogP contribution is -2.09. The summed E-state index contributed by atoms with van der Waals surface area (Å²) in [5.74, 6) is 1.33. The van der Waals surface area contributed by atoms with Crippen molar-refractivity contribution in [2.45, 2.75) is 0 Å². The van der Waals surface area contributed by atoms with E-state index in [1.165, 1.54) is 6.20 Å². The second-order valence-electron chi connectivity index (χ2n) is 3.39. The summed E-state index contributed by atoms with van der Waals surface area (Å²) < 4.78 is 10.3. The SMILES string of the molecule is COc1cc(OC)cc(-c2ccnc(=O)[nH]2)c1. The first-order valence-corrected chi connectivity index (χ1v) is 5.01. The molecule has 0 bridgehead atoms. The van der Waals surface area contributed by atoms with Gasteiger partial charge in [-0.05, 0) is 18.2 Å². The molecule has 88 valence electrons. The molecule has 2 aromatic rings. The van der Waals surface area contributed by atoms with Gasteiger partial charge in [0.1, 0.15) is 11.5 Å². The Kier molecular flexibility index (Phi) is 3.09. The second-order valence-corrected chi connectivity index (χ2v) is 3.39. The van der Waals surface area contributed by atoms with E-state index in [1.807, 2.05) is 12.1 Å². The number of hydrogen-bond acceptors (Lipinski definition) is 4. The maximum atomic E-state index is 11.1. The van der Waals surface area contributed by atoms with Gasteiger partial charge in [-0.2, -0.15) is 0 Å². The molecule has 0 aliphatic heterocycles. The summed E-state index contributed by atoms with van der Waals surface area (Å²) in [6.45, 7) is 0. The Labute approximate surface area is 98.0 Å². The van der Waals surface area contributed by atoms with Crippen LogP contribution in [0.3, 0.4) is 0 Å². The van der Waals surface area contributed by atoms with Gasteiger partial charge in [0.25, 0.3) is 0 Å². The molecule has 0 spiro atoms. The number of nitrogens with one attached hydrogen (secondary N) is 1. The Morgan fingerprint density at radius 2 is 1.76 bits per heavy atom. The minimum atomic E-state index is -0.385. The van der Waals surface area contributed by atoms with Crippen LogP contribution in [0.5, 0.6) is 11.5 Å². The maximum absolute atomic E-state index is 11.1. The smallest absolute Gasteiger partial charge is 0.345 e. The molecule has 1 N–H and O–H groups in total. The summed E-state index contributed by atoms with van der Waals surface area (Å²) >= 11 is 0. The summed E-state index contributed by atoms with van der Waals surface area (Å²) in [6, 6.07) is 7.11. The third-order valence-corrected chi connectivity index (χ3v) is 2.34. The normalized spacial score (nSPS) is 10.0. The van der Waals surface area contributed by atoms with Gasteiger partial charge in [0, 0.05) is 17.8 Å². The topological polar surface area (TPSA) is 64.2 Å². The molecule has 5 nitrogen and oxygen atoms in total. The zero-order valence-corrected chi connectivity index (χ0v) is 9.56.